The minimum absolute atomic E-state index is 0.0873. The van der Waals surface area contributed by atoms with E-state index in [4.69, 9.17) is 6.42 Å². The van der Waals surface area contributed by atoms with Crippen LogP contribution in [0.5, 0.6) is 0 Å². The number of nitro groups is 1. The predicted octanol–water partition coefficient (Wildman–Crippen LogP) is 2.97. The van der Waals surface area contributed by atoms with E-state index < -0.39 is 4.92 Å². The Kier molecular flexibility index (Phi) is 4.91. The second-order valence-electron chi connectivity index (χ2n) is 3.42. The molecule has 0 aliphatic heterocycles. The van der Waals surface area contributed by atoms with Crippen LogP contribution in [0.2, 0.25) is 0 Å². The fourth-order valence-corrected chi connectivity index (χ4v) is 1.80. The van der Waals surface area contributed by atoms with E-state index >= 15 is 0 Å². The summed E-state index contributed by atoms with van der Waals surface area (Å²) in [5.41, 5.74) is 0.289. The first-order valence-corrected chi connectivity index (χ1v) is 5.90. The summed E-state index contributed by atoms with van der Waals surface area (Å²) >= 11 is 3.23. The van der Waals surface area contributed by atoms with E-state index in [1.54, 1.807) is 0 Å². The zero-order valence-electron chi connectivity index (χ0n) is 9.31. The first kappa shape index (κ1) is 13.5. The van der Waals surface area contributed by atoms with E-state index in [-0.39, 0.29) is 11.7 Å². The van der Waals surface area contributed by atoms with Gasteiger partial charge in [0, 0.05) is 6.20 Å². The number of rotatable bonds is 5. The highest BCUT2D eigenvalue weighted by molar-refractivity contribution is 9.10. The van der Waals surface area contributed by atoms with Gasteiger partial charge in [0.05, 0.1) is 15.4 Å². The zero-order valence-corrected chi connectivity index (χ0v) is 10.9. The van der Waals surface area contributed by atoms with Crippen molar-refractivity contribution in [3.63, 3.8) is 0 Å². The number of hydrogen-bond donors (Lipinski definition) is 1. The van der Waals surface area contributed by atoms with Crippen molar-refractivity contribution in [2.75, 3.05) is 5.32 Å². The van der Waals surface area contributed by atoms with E-state index in [2.05, 4.69) is 32.2 Å². The summed E-state index contributed by atoms with van der Waals surface area (Å²) in [6.45, 7) is 2.00. The minimum Gasteiger partial charge on any atom is -0.365 e. The van der Waals surface area contributed by atoms with Crippen molar-refractivity contribution in [2.24, 2.45) is 0 Å². The maximum Gasteiger partial charge on any atom is 0.311 e. The fourth-order valence-electron chi connectivity index (χ4n) is 1.37. The van der Waals surface area contributed by atoms with Gasteiger partial charge < -0.3 is 5.32 Å². The minimum atomic E-state index is -0.486. The molecule has 1 rings (SSSR count). The number of aromatic nitrogens is 1. The zero-order chi connectivity index (χ0) is 12.8. The van der Waals surface area contributed by atoms with E-state index in [9.17, 15) is 10.1 Å². The lowest BCUT2D eigenvalue weighted by molar-refractivity contribution is -0.384. The van der Waals surface area contributed by atoms with Gasteiger partial charge in [-0.3, -0.25) is 15.1 Å². The molecule has 90 valence electrons. The summed E-state index contributed by atoms with van der Waals surface area (Å²) in [5.74, 6) is 2.57. The van der Waals surface area contributed by atoms with E-state index in [0.29, 0.717) is 10.2 Å². The second kappa shape index (κ2) is 6.21. The molecule has 0 spiro atoms. The van der Waals surface area contributed by atoms with Crippen molar-refractivity contribution >= 4 is 27.3 Å². The highest BCUT2D eigenvalue weighted by Crippen LogP contribution is 2.31. The molecule has 1 aromatic rings. The standard InChI is InChI=1S/C11H12BrN3O2/c1-3-5-8(4-2)14-11-9(12)6-13-7-10(11)15(16)17/h2,6-8H,3,5H2,1H3,(H,13,14). The van der Waals surface area contributed by atoms with Gasteiger partial charge in [0.2, 0.25) is 0 Å². The molecule has 0 fully saturated rings. The van der Waals surface area contributed by atoms with E-state index in [1.165, 1.54) is 12.4 Å². The van der Waals surface area contributed by atoms with Gasteiger partial charge in [0.25, 0.3) is 0 Å². The lowest BCUT2D eigenvalue weighted by Gasteiger charge is -2.14. The summed E-state index contributed by atoms with van der Waals surface area (Å²) in [5, 5.41) is 13.8. The Morgan fingerprint density at radius 3 is 2.94 bits per heavy atom. The highest BCUT2D eigenvalue weighted by atomic mass is 79.9. The first-order chi connectivity index (χ1) is 8.10. The molecule has 6 heteroatoms. The van der Waals surface area contributed by atoms with Crippen molar-refractivity contribution < 1.29 is 4.92 Å². The van der Waals surface area contributed by atoms with Crippen LogP contribution in [0.4, 0.5) is 11.4 Å². The van der Waals surface area contributed by atoms with Gasteiger partial charge in [-0.2, -0.15) is 0 Å². The maximum absolute atomic E-state index is 10.9. The summed E-state index contributed by atoms with van der Waals surface area (Å²) in [7, 11) is 0. The molecule has 0 bridgehead atoms. The molecule has 0 saturated heterocycles. The van der Waals surface area contributed by atoms with Crippen LogP contribution in [0.1, 0.15) is 19.8 Å². The molecular formula is C11H12BrN3O2. The summed E-state index contributed by atoms with van der Waals surface area (Å²) in [6, 6.07) is -0.225. The number of pyridine rings is 1. The smallest absolute Gasteiger partial charge is 0.311 e. The molecule has 1 atom stereocenters. The molecule has 5 nitrogen and oxygen atoms in total. The lowest BCUT2D eigenvalue weighted by atomic mass is 10.1. The Bertz CT molecular complexity index is 457. The Hall–Kier alpha value is -1.61. The summed E-state index contributed by atoms with van der Waals surface area (Å²) in [6.07, 6.45) is 9.72. The van der Waals surface area contributed by atoms with Crippen LogP contribution in [0.25, 0.3) is 0 Å². The third-order valence-corrected chi connectivity index (χ3v) is 2.77. The van der Waals surface area contributed by atoms with Gasteiger partial charge in [-0.25, -0.2) is 0 Å². The summed E-state index contributed by atoms with van der Waals surface area (Å²) < 4.78 is 0.531. The Morgan fingerprint density at radius 2 is 2.41 bits per heavy atom. The number of hydrogen-bond acceptors (Lipinski definition) is 4. The predicted molar refractivity (Wildman–Crippen MR) is 69.7 cm³/mol. The van der Waals surface area contributed by atoms with Gasteiger partial charge in [-0.1, -0.05) is 19.3 Å². The maximum atomic E-state index is 10.9. The summed E-state index contributed by atoms with van der Waals surface area (Å²) in [4.78, 5) is 14.1. The molecule has 0 radical (unpaired) electrons. The first-order valence-electron chi connectivity index (χ1n) is 5.10. The van der Waals surface area contributed by atoms with Crippen LogP contribution in [-0.4, -0.2) is 15.9 Å². The van der Waals surface area contributed by atoms with Crippen molar-refractivity contribution in [1.82, 2.24) is 4.98 Å². The third kappa shape index (κ3) is 3.43. The second-order valence-corrected chi connectivity index (χ2v) is 4.28. The molecule has 1 N–H and O–H groups in total. The number of nitrogens with zero attached hydrogens (tertiary/aromatic N) is 2. The Morgan fingerprint density at radius 1 is 1.71 bits per heavy atom. The molecule has 0 aromatic carbocycles. The fraction of sp³-hybridized carbons (Fsp3) is 0.364. The quantitative estimate of drug-likeness (QED) is 0.515. The molecule has 17 heavy (non-hydrogen) atoms. The van der Waals surface area contributed by atoms with Crippen LogP contribution in [0.15, 0.2) is 16.9 Å². The number of nitrogens with one attached hydrogen (secondary N) is 1. The van der Waals surface area contributed by atoms with Crippen LogP contribution in [0.3, 0.4) is 0 Å². The topological polar surface area (TPSA) is 68.1 Å². The van der Waals surface area contributed by atoms with Crippen molar-refractivity contribution in [3.05, 3.63) is 27.0 Å². The molecule has 0 aliphatic rings. The largest absolute Gasteiger partial charge is 0.365 e. The van der Waals surface area contributed by atoms with Gasteiger partial charge in [-0.05, 0) is 22.4 Å². The number of anilines is 1. The van der Waals surface area contributed by atoms with E-state index in [0.717, 1.165) is 12.8 Å². The molecule has 0 amide bonds. The monoisotopic (exact) mass is 297 g/mol. The number of terminal acetylenes is 1. The van der Waals surface area contributed by atoms with Crippen LogP contribution in [-0.2, 0) is 0 Å². The lowest BCUT2D eigenvalue weighted by Crippen LogP contribution is -2.18. The third-order valence-electron chi connectivity index (χ3n) is 2.17. The molecule has 1 heterocycles. The van der Waals surface area contributed by atoms with Crippen LogP contribution < -0.4 is 5.32 Å². The molecule has 0 saturated carbocycles. The van der Waals surface area contributed by atoms with Gasteiger partial charge in [0.1, 0.15) is 11.9 Å². The SMILES string of the molecule is C#CC(CCC)Nc1c(Br)cncc1[N+](=O)[O-]. The van der Waals surface area contributed by atoms with Gasteiger partial charge >= 0.3 is 5.69 Å². The Labute approximate surface area is 108 Å². The number of halogens is 1. The van der Waals surface area contributed by atoms with Crippen LogP contribution >= 0.6 is 15.9 Å². The van der Waals surface area contributed by atoms with Gasteiger partial charge in [-0.15, -0.1) is 6.42 Å². The van der Waals surface area contributed by atoms with Crippen molar-refractivity contribution in [3.8, 4) is 12.3 Å². The Balaban J connectivity index is 3.04. The molecule has 1 unspecified atom stereocenters. The van der Waals surface area contributed by atoms with Gasteiger partial charge in [0.15, 0.2) is 0 Å². The average molecular weight is 298 g/mol. The van der Waals surface area contributed by atoms with Crippen molar-refractivity contribution in [1.29, 1.82) is 0 Å². The normalized spacial score (nSPS) is 11.6. The highest BCUT2D eigenvalue weighted by Gasteiger charge is 2.19. The average Bonchev–Trinajstić information content (AvgIpc) is 2.30. The van der Waals surface area contributed by atoms with Crippen LogP contribution in [0, 0.1) is 22.5 Å². The molecular weight excluding hydrogens is 286 g/mol. The van der Waals surface area contributed by atoms with E-state index in [1.807, 2.05) is 6.92 Å². The van der Waals surface area contributed by atoms with Crippen molar-refractivity contribution in [2.45, 2.75) is 25.8 Å². The molecule has 1 aromatic heterocycles. The molecule has 0 aliphatic carbocycles.